The first-order chi connectivity index (χ1) is 51.8. The van der Waals surface area contributed by atoms with E-state index in [4.69, 9.17) is 28.4 Å². The van der Waals surface area contributed by atoms with Crippen LogP contribution in [0, 0.1) is 0 Å². The highest BCUT2D eigenvalue weighted by molar-refractivity contribution is 5.76. The second-order valence-corrected chi connectivity index (χ2v) is 31.7. The van der Waals surface area contributed by atoms with Crippen LogP contribution in [0.4, 0.5) is 0 Å². The van der Waals surface area contributed by atoms with Crippen molar-refractivity contribution in [2.24, 2.45) is 0 Å². The van der Waals surface area contributed by atoms with Crippen LogP contribution in [0.15, 0.2) is 36.5 Å². The van der Waals surface area contributed by atoms with E-state index in [1.807, 2.05) is 0 Å². The van der Waals surface area contributed by atoms with Crippen molar-refractivity contribution in [2.75, 3.05) is 26.4 Å². The molecule has 624 valence electrons. The minimum atomic E-state index is -1.97. The molecule has 0 saturated carbocycles. The molecule has 1 amide bonds. The van der Waals surface area contributed by atoms with Crippen molar-refractivity contribution in [1.82, 2.24) is 5.32 Å². The molecule has 0 aromatic carbocycles. The van der Waals surface area contributed by atoms with Gasteiger partial charge < -0.3 is 89.9 Å². The highest BCUT2D eigenvalue weighted by Crippen LogP contribution is 2.34. The van der Waals surface area contributed by atoms with E-state index >= 15 is 0 Å². The topological polar surface area (TPSA) is 307 Å². The van der Waals surface area contributed by atoms with E-state index in [1.54, 1.807) is 0 Å². The molecule has 19 nitrogen and oxygen atoms in total. The summed E-state index contributed by atoms with van der Waals surface area (Å²) in [6.45, 7) is 1.85. The molecule has 12 N–H and O–H groups in total. The van der Waals surface area contributed by atoms with Crippen molar-refractivity contribution in [3.63, 3.8) is 0 Å². The molecule has 17 unspecified atom stereocenters. The Morgan fingerprint density at radius 1 is 0.340 bits per heavy atom. The maximum atomic E-state index is 13.5. The highest BCUT2D eigenvalue weighted by atomic mass is 16.8. The fourth-order valence-electron chi connectivity index (χ4n) is 15.2. The number of allylic oxidation sites excluding steroid dienone is 6. The summed E-state index contributed by atoms with van der Waals surface area (Å²) in [6, 6.07) is -0.886. The van der Waals surface area contributed by atoms with Crippen LogP contribution in [0.3, 0.4) is 0 Å². The van der Waals surface area contributed by atoms with Gasteiger partial charge in [0, 0.05) is 6.42 Å². The fraction of sp³-hybridized carbons (Fsp3) is 0.920. The molecule has 106 heavy (non-hydrogen) atoms. The Labute approximate surface area is 644 Å². The molecule has 0 radical (unpaired) electrons. The van der Waals surface area contributed by atoms with E-state index in [-0.39, 0.29) is 18.9 Å². The summed E-state index contributed by atoms with van der Waals surface area (Å²) in [4.78, 5) is 13.5. The van der Waals surface area contributed by atoms with Gasteiger partial charge in [0.05, 0.1) is 38.6 Å². The normalized spacial score (nSPS) is 25.8. The molecule has 0 bridgehead atoms. The van der Waals surface area contributed by atoms with Crippen LogP contribution in [0.5, 0.6) is 0 Å². The standard InChI is InChI=1S/C87H163NO18/c1-3-5-7-9-11-13-15-17-19-21-23-25-26-27-28-29-30-31-32-33-34-35-36-37-38-39-40-41-42-43-44-45-47-49-51-53-55-57-59-61-63-65-75(93)88-70(71(92)64-62-60-58-56-54-52-50-48-46-24-22-20-18-16-14-12-10-8-6-4-2)69-101-85-81(99)78(96)83(73(67-90)103-85)106-87-82(100)79(97)84(74(68-91)104-87)105-86-80(98)77(95)76(94)72(66-89)102-86/h15,17,21,23,26-27,70-74,76-87,89-92,94-100H,3-14,16,18-20,22,24-25,28-69H2,1-2H3,(H,88,93)/b17-15-,23-21-,27-26-. The first-order valence-electron chi connectivity index (χ1n) is 44.2. The minimum absolute atomic E-state index is 0.234. The van der Waals surface area contributed by atoms with Crippen LogP contribution in [0.25, 0.3) is 0 Å². The largest absolute Gasteiger partial charge is 0.394 e. The number of hydrogen-bond donors (Lipinski definition) is 12. The number of unbranched alkanes of at least 4 members (excludes halogenated alkanes) is 50. The van der Waals surface area contributed by atoms with Crippen molar-refractivity contribution < 1.29 is 89.4 Å². The van der Waals surface area contributed by atoms with Crippen LogP contribution >= 0.6 is 0 Å². The monoisotopic (exact) mass is 1510 g/mol. The van der Waals surface area contributed by atoms with Gasteiger partial charge in [0.25, 0.3) is 0 Å². The van der Waals surface area contributed by atoms with Gasteiger partial charge in [0.15, 0.2) is 18.9 Å². The van der Waals surface area contributed by atoms with Crippen molar-refractivity contribution >= 4 is 5.91 Å². The SMILES string of the molecule is CCCCCCC/C=C\C/C=C\C/C=C\CCCCCCCCCCCCCCCCCCCCCCCCCCCCC(=O)NC(COC1OC(CO)C(OC2OC(CO)C(OC3OC(CO)C(O)C(O)C3O)C(O)C2O)C(O)C1O)C(O)CCCCCCCCCCCCCCCCCCCCCC. The van der Waals surface area contributed by atoms with Crippen LogP contribution in [0.1, 0.15) is 380 Å². The Morgan fingerprint density at radius 3 is 0.972 bits per heavy atom. The van der Waals surface area contributed by atoms with Crippen LogP contribution in [0.2, 0.25) is 0 Å². The quantitative estimate of drug-likeness (QED) is 0.0199. The molecule has 3 fully saturated rings. The highest BCUT2D eigenvalue weighted by Gasteiger charge is 2.54. The van der Waals surface area contributed by atoms with Gasteiger partial charge in [-0.2, -0.15) is 0 Å². The van der Waals surface area contributed by atoms with Gasteiger partial charge >= 0.3 is 0 Å². The molecule has 0 aromatic rings. The maximum absolute atomic E-state index is 13.5. The maximum Gasteiger partial charge on any atom is 0.220 e. The Hall–Kier alpha value is -1.99. The Kier molecular flexibility index (Phi) is 62.5. The lowest BCUT2D eigenvalue weighted by molar-refractivity contribution is -0.379. The van der Waals surface area contributed by atoms with Crippen molar-refractivity contribution in [3.8, 4) is 0 Å². The first kappa shape index (κ1) is 98.2. The second-order valence-electron chi connectivity index (χ2n) is 31.7. The number of hydrogen-bond acceptors (Lipinski definition) is 18. The number of rotatable bonds is 72. The van der Waals surface area contributed by atoms with E-state index in [1.165, 1.54) is 289 Å². The number of ether oxygens (including phenoxy) is 6. The molecule has 3 rings (SSSR count). The van der Waals surface area contributed by atoms with Gasteiger partial charge in [0.2, 0.25) is 5.91 Å². The third kappa shape index (κ3) is 46.3. The lowest BCUT2D eigenvalue weighted by Gasteiger charge is -2.48. The van der Waals surface area contributed by atoms with Crippen LogP contribution in [-0.4, -0.2) is 193 Å². The average Bonchev–Trinajstić information content (AvgIpc) is 0.780. The smallest absolute Gasteiger partial charge is 0.220 e. The molecular weight excluding hydrogens is 1350 g/mol. The number of aliphatic hydroxyl groups is 11. The fourth-order valence-corrected chi connectivity index (χ4v) is 15.2. The molecule has 3 saturated heterocycles. The molecule has 19 heteroatoms. The van der Waals surface area contributed by atoms with Gasteiger partial charge in [0.1, 0.15) is 73.2 Å². The van der Waals surface area contributed by atoms with Gasteiger partial charge in [-0.05, 0) is 51.4 Å². The summed E-state index contributed by atoms with van der Waals surface area (Å²) < 4.78 is 34.6. The number of amides is 1. The summed E-state index contributed by atoms with van der Waals surface area (Å²) >= 11 is 0. The van der Waals surface area contributed by atoms with Gasteiger partial charge in [-0.25, -0.2) is 0 Å². The summed E-state index contributed by atoms with van der Waals surface area (Å²) in [5, 5.41) is 121. The minimum Gasteiger partial charge on any atom is -0.394 e. The van der Waals surface area contributed by atoms with Crippen LogP contribution in [-0.2, 0) is 33.2 Å². The number of nitrogens with one attached hydrogen (secondary N) is 1. The molecular formula is C87H163NO18. The number of carbonyl (C=O) groups excluding carboxylic acids is 1. The average molecular weight is 1510 g/mol. The zero-order chi connectivity index (χ0) is 76.7. The first-order valence-corrected chi connectivity index (χ1v) is 44.2. The second kappa shape index (κ2) is 67.5. The van der Waals surface area contributed by atoms with Gasteiger partial charge in [-0.15, -0.1) is 0 Å². The van der Waals surface area contributed by atoms with Crippen molar-refractivity contribution in [2.45, 2.75) is 484 Å². The third-order valence-electron chi connectivity index (χ3n) is 22.2. The summed E-state index contributed by atoms with van der Waals surface area (Å²) in [5.41, 5.74) is 0. The molecule has 3 aliphatic heterocycles. The van der Waals surface area contributed by atoms with E-state index < -0.39 is 124 Å². The number of carbonyl (C=O) groups is 1. The Balaban J connectivity index is 1.28. The lowest BCUT2D eigenvalue weighted by Crippen LogP contribution is -2.66. The van der Waals surface area contributed by atoms with E-state index in [0.29, 0.717) is 12.8 Å². The van der Waals surface area contributed by atoms with E-state index in [2.05, 4.69) is 55.6 Å². The molecule has 0 aliphatic carbocycles. The molecule has 0 aromatic heterocycles. The van der Waals surface area contributed by atoms with Crippen molar-refractivity contribution in [1.29, 1.82) is 0 Å². The lowest BCUT2D eigenvalue weighted by atomic mass is 9.96. The molecule has 0 spiro atoms. The Bertz CT molecular complexity index is 2050. The predicted molar refractivity (Wildman–Crippen MR) is 425 cm³/mol. The summed E-state index contributed by atoms with van der Waals surface area (Å²) in [6.07, 6.45) is 58.3. The Morgan fingerprint density at radius 2 is 0.623 bits per heavy atom. The third-order valence-corrected chi connectivity index (χ3v) is 22.2. The van der Waals surface area contributed by atoms with Gasteiger partial charge in [-0.3, -0.25) is 4.79 Å². The van der Waals surface area contributed by atoms with Crippen molar-refractivity contribution in [3.05, 3.63) is 36.5 Å². The van der Waals surface area contributed by atoms with E-state index in [0.717, 1.165) is 57.8 Å². The van der Waals surface area contributed by atoms with E-state index in [9.17, 15) is 61.0 Å². The summed E-state index contributed by atoms with van der Waals surface area (Å²) in [5.74, 6) is -0.234. The molecule has 3 heterocycles. The zero-order valence-electron chi connectivity index (χ0n) is 67.2. The summed E-state index contributed by atoms with van der Waals surface area (Å²) in [7, 11) is 0. The predicted octanol–water partition coefficient (Wildman–Crippen LogP) is 16.2. The van der Waals surface area contributed by atoms with Gasteiger partial charge in [-0.1, -0.05) is 359 Å². The van der Waals surface area contributed by atoms with Crippen LogP contribution < -0.4 is 5.32 Å². The number of aliphatic hydroxyl groups excluding tert-OH is 11. The molecule has 3 aliphatic rings. The molecule has 17 atom stereocenters. The zero-order valence-corrected chi connectivity index (χ0v) is 67.2.